The molecular weight excluding hydrogens is 278 g/mol. The number of allylic oxidation sites excluding steroid dienone is 2. The van der Waals surface area contributed by atoms with Gasteiger partial charge >= 0.3 is 0 Å². The summed E-state index contributed by atoms with van der Waals surface area (Å²) < 4.78 is 1.23. The maximum Gasteiger partial charge on any atom is 0.114 e. The first kappa shape index (κ1) is 20.5. The maximum absolute atomic E-state index is 6.40. The minimum absolute atomic E-state index is 0.545. The van der Waals surface area contributed by atoms with Gasteiger partial charge in [-0.25, -0.2) is 0 Å². The van der Waals surface area contributed by atoms with Gasteiger partial charge in [-0.1, -0.05) is 58.9 Å². The summed E-state index contributed by atoms with van der Waals surface area (Å²) in [7, 11) is 0. The molecule has 0 aliphatic carbocycles. The van der Waals surface area contributed by atoms with Crippen molar-refractivity contribution in [1.82, 2.24) is 0 Å². The molecule has 0 aromatic heterocycles. The fraction of sp³-hybridized carbons (Fsp3) is 0.684. The number of quaternary nitrogens is 1. The zero-order chi connectivity index (χ0) is 16.6. The molecule has 2 heteroatoms. The van der Waals surface area contributed by atoms with E-state index in [9.17, 15) is 0 Å². The molecule has 2 rings (SSSR count). The molecule has 0 N–H and O–H groups in total. The number of hydrogen-bond donors (Lipinski definition) is 0. The van der Waals surface area contributed by atoms with Crippen LogP contribution in [0.3, 0.4) is 0 Å². The molecule has 2 aliphatic heterocycles. The molecular formula is C19H35ClN+. The minimum atomic E-state index is 0.545. The molecule has 21 heavy (non-hydrogen) atoms. The Morgan fingerprint density at radius 3 is 2.24 bits per heavy atom. The first-order valence-corrected chi connectivity index (χ1v) is 8.92. The highest BCUT2D eigenvalue weighted by atomic mass is 35.5. The minimum Gasteiger partial charge on any atom is -0.314 e. The summed E-state index contributed by atoms with van der Waals surface area (Å²) in [5.41, 5.74) is 2.83. The zero-order valence-electron chi connectivity index (χ0n) is 15.2. The molecule has 1 nitrogen and oxygen atoms in total. The Labute approximate surface area is 138 Å². The van der Waals surface area contributed by atoms with Crippen LogP contribution in [-0.2, 0) is 0 Å². The largest absolute Gasteiger partial charge is 0.314 e. The van der Waals surface area contributed by atoms with Crippen molar-refractivity contribution in [3.05, 3.63) is 34.9 Å². The number of rotatable bonds is 2. The molecule has 1 spiro atoms. The van der Waals surface area contributed by atoms with Crippen molar-refractivity contribution in [2.75, 3.05) is 19.6 Å². The second kappa shape index (κ2) is 9.48. The van der Waals surface area contributed by atoms with E-state index in [1.54, 1.807) is 6.08 Å². The molecule has 0 bridgehead atoms. The first-order chi connectivity index (χ1) is 10.00. The van der Waals surface area contributed by atoms with Gasteiger partial charge in [-0.05, 0) is 25.5 Å². The molecule has 1 fully saturated rings. The van der Waals surface area contributed by atoms with Gasteiger partial charge in [0.15, 0.2) is 0 Å². The predicted molar refractivity (Wildman–Crippen MR) is 97.6 cm³/mol. The second-order valence-electron chi connectivity index (χ2n) is 5.80. The average Bonchev–Trinajstić information content (AvgIpc) is 2.96. The lowest BCUT2D eigenvalue weighted by molar-refractivity contribution is -0.924. The van der Waals surface area contributed by atoms with Crippen LogP contribution in [-0.4, -0.2) is 30.2 Å². The smallest absolute Gasteiger partial charge is 0.114 e. The Balaban J connectivity index is 0.000000921. The molecule has 122 valence electrons. The Hall–Kier alpha value is -0.530. The van der Waals surface area contributed by atoms with Gasteiger partial charge in [-0.3, -0.25) is 0 Å². The van der Waals surface area contributed by atoms with Crippen molar-refractivity contribution >= 4 is 11.6 Å². The van der Waals surface area contributed by atoms with Gasteiger partial charge in [0, 0.05) is 22.9 Å². The van der Waals surface area contributed by atoms with Crippen LogP contribution in [0.4, 0.5) is 0 Å². The summed E-state index contributed by atoms with van der Waals surface area (Å²) in [6.07, 6.45) is 5.07. The number of hydrogen-bond acceptors (Lipinski definition) is 0. The summed E-state index contributed by atoms with van der Waals surface area (Å²) in [4.78, 5) is 0. The van der Waals surface area contributed by atoms with Gasteiger partial charge in [0.2, 0.25) is 0 Å². The van der Waals surface area contributed by atoms with Crippen LogP contribution in [0.2, 0.25) is 0 Å². The van der Waals surface area contributed by atoms with E-state index in [1.807, 2.05) is 33.8 Å². The molecule has 0 aromatic carbocycles. The zero-order valence-corrected chi connectivity index (χ0v) is 15.9. The molecule has 3 atom stereocenters. The van der Waals surface area contributed by atoms with E-state index in [2.05, 4.69) is 27.4 Å². The third-order valence-corrected chi connectivity index (χ3v) is 4.84. The van der Waals surface area contributed by atoms with Crippen LogP contribution < -0.4 is 0 Å². The quantitative estimate of drug-likeness (QED) is 0.438. The van der Waals surface area contributed by atoms with Gasteiger partial charge in [0.25, 0.3) is 0 Å². The normalized spacial score (nSPS) is 31.5. The van der Waals surface area contributed by atoms with Crippen molar-refractivity contribution in [1.29, 1.82) is 0 Å². The fourth-order valence-electron chi connectivity index (χ4n) is 3.70. The van der Waals surface area contributed by atoms with Gasteiger partial charge in [-0.15, -0.1) is 0 Å². The van der Waals surface area contributed by atoms with Crippen LogP contribution in [0.15, 0.2) is 34.9 Å². The highest BCUT2D eigenvalue weighted by molar-refractivity contribution is 6.32. The standard InChI is InChI=1S/C15H23ClN.2C2H6/c1-5-6-14(16)15-12(3)10-17(13(15)4)8-7-11(2)9-17;2*1-2/h5-6,11,13H,1,7-10H2,2-4H3;2*1-2H3/q+1;;/b14-6+;;. The van der Waals surface area contributed by atoms with Crippen LogP contribution >= 0.6 is 11.6 Å². The third-order valence-electron chi connectivity index (χ3n) is 4.52. The summed E-state index contributed by atoms with van der Waals surface area (Å²) in [6.45, 7) is 22.5. The van der Waals surface area contributed by atoms with E-state index >= 15 is 0 Å². The highest BCUT2D eigenvalue weighted by Gasteiger charge is 2.47. The predicted octanol–water partition coefficient (Wildman–Crippen LogP) is 5.92. The van der Waals surface area contributed by atoms with Gasteiger partial charge in [0.05, 0.1) is 13.1 Å². The van der Waals surface area contributed by atoms with E-state index < -0.39 is 0 Å². The Bertz CT molecular complexity index is 394. The van der Waals surface area contributed by atoms with Gasteiger partial charge in [0.1, 0.15) is 12.6 Å². The van der Waals surface area contributed by atoms with Crippen LogP contribution in [0.5, 0.6) is 0 Å². The maximum atomic E-state index is 6.40. The van der Waals surface area contributed by atoms with E-state index in [-0.39, 0.29) is 0 Å². The van der Waals surface area contributed by atoms with Crippen molar-refractivity contribution < 1.29 is 4.48 Å². The van der Waals surface area contributed by atoms with Crippen LogP contribution in [0, 0.1) is 5.92 Å². The highest BCUT2D eigenvalue weighted by Crippen LogP contribution is 2.41. The summed E-state index contributed by atoms with van der Waals surface area (Å²) in [6, 6.07) is 0.545. The Morgan fingerprint density at radius 1 is 1.24 bits per heavy atom. The third kappa shape index (κ3) is 4.47. The molecule has 0 radical (unpaired) electrons. The second-order valence-corrected chi connectivity index (χ2v) is 6.20. The lowest BCUT2D eigenvalue weighted by atomic mass is 10.1. The monoisotopic (exact) mass is 312 g/mol. The lowest BCUT2D eigenvalue weighted by Crippen LogP contribution is -2.50. The topological polar surface area (TPSA) is 0 Å². The Kier molecular flexibility index (Phi) is 9.24. The molecule has 1 saturated heterocycles. The molecule has 0 saturated carbocycles. The first-order valence-electron chi connectivity index (χ1n) is 8.54. The van der Waals surface area contributed by atoms with Crippen LogP contribution in [0.25, 0.3) is 0 Å². The van der Waals surface area contributed by atoms with Crippen molar-refractivity contribution in [2.45, 2.75) is 60.9 Å². The van der Waals surface area contributed by atoms with E-state index in [4.69, 9.17) is 11.6 Å². The van der Waals surface area contributed by atoms with Crippen LogP contribution in [0.1, 0.15) is 54.9 Å². The van der Waals surface area contributed by atoms with Crippen molar-refractivity contribution in [3.63, 3.8) is 0 Å². The summed E-state index contributed by atoms with van der Waals surface area (Å²) in [5, 5.41) is 0.888. The van der Waals surface area contributed by atoms with Crippen molar-refractivity contribution in [2.24, 2.45) is 5.92 Å². The van der Waals surface area contributed by atoms with E-state index in [0.717, 1.165) is 11.0 Å². The average molecular weight is 313 g/mol. The molecule has 0 amide bonds. The Morgan fingerprint density at radius 2 is 1.81 bits per heavy atom. The van der Waals surface area contributed by atoms with E-state index in [1.165, 1.54) is 41.7 Å². The lowest BCUT2D eigenvalue weighted by Gasteiger charge is -2.36. The van der Waals surface area contributed by atoms with Gasteiger partial charge in [-0.2, -0.15) is 0 Å². The molecule has 0 aromatic rings. The number of nitrogens with zero attached hydrogens (tertiary/aromatic N) is 1. The molecule has 2 aliphatic rings. The van der Waals surface area contributed by atoms with E-state index in [0.29, 0.717) is 6.04 Å². The number of halogens is 1. The van der Waals surface area contributed by atoms with Crippen molar-refractivity contribution in [3.8, 4) is 0 Å². The van der Waals surface area contributed by atoms with Gasteiger partial charge < -0.3 is 4.48 Å². The summed E-state index contributed by atoms with van der Waals surface area (Å²) >= 11 is 6.40. The summed E-state index contributed by atoms with van der Waals surface area (Å²) in [5.74, 6) is 0.853. The SMILES string of the molecule is C=C/C=C(/Cl)C1=C(C)C[N+]2(CCC(C)C2)C1C.CC.CC. The molecule has 3 unspecified atom stereocenters. The fourth-order valence-corrected chi connectivity index (χ4v) is 4.11. The molecule has 2 heterocycles.